The van der Waals surface area contributed by atoms with Crippen molar-refractivity contribution in [1.29, 1.82) is 0 Å². The molecule has 1 saturated heterocycles. The molecule has 0 spiro atoms. The Morgan fingerprint density at radius 1 is 0.554 bits per heavy atom. The minimum absolute atomic E-state index is 0.0353. The van der Waals surface area contributed by atoms with Crippen molar-refractivity contribution in [2.75, 3.05) is 19.8 Å². The molecule has 0 aromatic heterocycles. The zero-order chi connectivity index (χ0) is 47.4. The van der Waals surface area contributed by atoms with E-state index in [2.05, 4.69) is 31.3 Å². The van der Waals surface area contributed by atoms with E-state index in [9.17, 15) is 35.1 Å². The van der Waals surface area contributed by atoms with Gasteiger partial charge in [0.2, 0.25) is 5.91 Å². The number of hydrogen-bond donors (Lipinski definition) is 6. The van der Waals surface area contributed by atoms with Crippen LogP contribution in [0.2, 0.25) is 0 Å². The number of amides is 1. The van der Waals surface area contributed by atoms with E-state index < -0.39 is 49.5 Å². The first kappa shape index (κ1) is 61.2. The molecule has 0 saturated carbocycles. The number of unbranched alkanes of at least 4 members (excludes halogenated alkanes) is 30. The highest BCUT2D eigenvalue weighted by Gasteiger charge is 2.44. The quantitative estimate of drug-likeness (QED) is 0.0196. The van der Waals surface area contributed by atoms with Gasteiger partial charge < -0.3 is 45.1 Å². The van der Waals surface area contributed by atoms with Gasteiger partial charge in [-0.25, -0.2) is 0 Å². The number of carbonyl (C=O) groups excluding carboxylic acids is 2. The van der Waals surface area contributed by atoms with Crippen LogP contribution in [-0.4, -0.2) is 100 Å². The summed E-state index contributed by atoms with van der Waals surface area (Å²) in [5, 5.41) is 54.3. The van der Waals surface area contributed by atoms with Gasteiger partial charge in [0, 0.05) is 12.8 Å². The fourth-order valence-corrected chi connectivity index (χ4v) is 8.43. The molecule has 382 valence electrons. The zero-order valence-electron chi connectivity index (χ0n) is 41.7. The monoisotopic (exact) mass is 924 g/mol. The number of carbonyl (C=O) groups is 2. The Bertz CT molecular complexity index is 1130. The molecule has 7 atom stereocenters. The fraction of sp³-hybridized carbons (Fsp3) is 0.889. The Morgan fingerprint density at radius 3 is 1.49 bits per heavy atom. The lowest BCUT2D eigenvalue weighted by molar-refractivity contribution is -0.302. The van der Waals surface area contributed by atoms with Gasteiger partial charge in [0.1, 0.15) is 24.4 Å². The van der Waals surface area contributed by atoms with Crippen molar-refractivity contribution < 1.29 is 49.3 Å². The summed E-state index contributed by atoms with van der Waals surface area (Å²) < 4.78 is 16.7. The van der Waals surface area contributed by atoms with Crippen LogP contribution in [0.15, 0.2) is 24.3 Å². The summed E-state index contributed by atoms with van der Waals surface area (Å²) in [6.07, 6.45) is 41.0. The Morgan fingerprint density at radius 2 is 0.985 bits per heavy atom. The van der Waals surface area contributed by atoms with E-state index in [0.29, 0.717) is 25.9 Å². The number of esters is 1. The maximum absolute atomic E-state index is 13.0. The lowest BCUT2D eigenvalue weighted by Gasteiger charge is -2.40. The van der Waals surface area contributed by atoms with Gasteiger partial charge in [0.15, 0.2) is 6.29 Å². The van der Waals surface area contributed by atoms with Crippen molar-refractivity contribution in [3.05, 3.63) is 24.3 Å². The Hall–Kier alpha value is -1.86. The highest BCUT2D eigenvalue weighted by atomic mass is 16.7. The molecule has 0 aromatic carbocycles. The van der Waals surface area contributed by atoms with Crippen LogP contribution in [0.5, 0.6) is 0 Å². The number of ether oxygens (including phenoxy) is 3. The van der Waals surface area contributed by atoms with E-state index in [4.69, 9.17) is 14.2 Å². The molecule has 0 radical (unpaired) electrons. The van der Waals surface area contributed by atoms with Crippen molar-refractivity contribution >= 4 is 11.9 Å². The second kappa shape index (κ2) is 44.6. The molecule has 6 N–H and O–H groups in total. The van der Waals surface area contributed by atoms with E-state index in [1.807, 2.05) is 6.08 Å². The number of aliphatic hydroxyl groups excluding tert-OH is 5. The Balaban J connectivity index is 2.21. The molecule has 11 nitrogen and oxygen atoms in total. The van der Waals surface area contributed by atoms with Gasteiger partial charge in [-0.3, -0.25) is 9.59 Å². The first-order valence-electron chi connectivity index (χ1n) is 27.1. The number of aliphatic hydroxyl groups is 5. The van der Waals surface area contributed by atoms with Crippen LogP contribution in [-0.2, 0) is 23.8 Å². The van der Waals surface area contributed by atoms with Crippen LogP contribution in [0.3, 0.4) is 0 Å². The summed E-state index contributed by atoms with van der Waals surface area (Å²) in [6.45, 7) is 4.27. The third-order valence-electron chi connectivity index (χ3n) is 12.8. The standard InChI is InChI=1S/C54H101NO10/c1-3-5-7-9-11-13-15-17-21-24-28-32-36-40-47(57)46(45-64-54-53(62)52(61)51(60)48(44-56)65-54)55-49(58)41-37-33-29-25-22-18-16-19-23-27-31-35-39-43-63-50(59)42-38-34-30-26-20-14-12-10-8-6-4-2/h18,22,36,40,46-48,51-54,56-57,60-62H,3-17,19-21,23-35,37-39,41-45H2,1-2H3,(H,55,58)/b22-18-,40-36+. The second-order valence-electron chi connectivity index (χ2n) is 18.9. The van der Waals surface area contributed by atoms with Gasteiger partial charge in [-0.05, 0) is 57.8 Å². The molecule has 1 fully saturated rings. The van der Waals surface area contributed by atoms with Crippen molar-refractivity contribution in [3.8, 4) is 0 Å². The summed E-state index contributed by atoms with van der Waals surface area (Å²) in [4.78, 5) is 25.0. The van der Waals surface area contributed by atoms with E-state index in [1.54, 1.807) is 6.08 Å². The van der Waals surface area contributed by atoms with Crippen LogP contribution in [0, 0.1) is 0 Å². The molecule has 1 rings (SSSR count). The molecule has 65 heavy (non-hydrogen) atoms. The van der Waals surface area contributed by atoms with E-state index in [0.717, 1.165) is 70.6 Å². The van der Waals surface area contributed by atoms with E-state index in [-0.39, 0.29) is 18.5 Å². The Labute approximate surface area is 397 Å². The maximum atomic E-state index is 13.0. The van der Waals surface area contributed by atoms with Gasteiger partial charge in [0.05, 0.1) is 32.0 Å². The molecule has 11 heteroatoms. The summed E-state index contributed by atoms with van der Waals surface area (Å²) in [6, 6.07) is -0.829. The average Bonchev–Trinajstić information content (AvgIpc) is 3.30. The van der Waals surface area contributed by atoms with Gasteiger partial charge in [-0.15, -0.1) is 0 Å². The normalized spacial score (nSPS) is 19.9. The molecular weight excluding hydrogens is 823 g/mol. The van der Waals surface area contributed by atoms with Gasteiger partial charge in [-0.2, -0.15) is 0 Å². The summed E-state index contributed by atoms with van der Waals surface area (Å²) >= 11 is 0. The molecule has 0 bridgehead atoms. The smallest absolute Gasteiger partial charge is 0.305 e. The summed E-state index contributed by atoms with van der Waals surface area (Å²) in [7, 11) is 0. The zero-order valence-corrected chi connectivity index (χ0v) is 41.7. The molecule has 1 aliphatic heterocycles. The number of hydrogen-bond acceptors (Lipinski definition) is 10. The third kappa shape index (κ3) is 35.0. The van der Waals surface area contributed by atoms with Gasteiger partial charge in [-0.1, -0.05) is 199 Å². The van der Waals surface area contributed by atoms with Crippen LogP contribution >= 0.6 is 0 Å². The minimum atomic E-state index is -1.58. The number of rotatable bonds is 46. The predicted octanol–water partition coefficient (Wildman–Crippen LogP) is 11.4. The van der Waals surface area contributed by atoms with Crippen molar-refractivity contribution in [1.82, 2.24) is 5.32 Å². The predicted molar refractivity (Wildman–Crippen MR) is 264 cm³/mol. The maximum Gasteiger partial charge on any atom is 0.305 e. The van der Waals surface area contributed by atoms with Crippen LogP contribution in [0.1, 0.15) is 245 Å². The first-order chi connectivity index (χ1) is 31.7. The second-order valence-corrected chi connectivity index (χ2v) is 18.9. The minimum Gasteiger partial charge on any atom is -0.466 e. The lowest BCUT2D eigenvalue weighted by atomic mass is 9.99. The highest BCUT2D eigenvalue weighted by molar-refractivity contribution is 5.76. The van der Waals surface area contributed by atoms with E-state index >= 15 is 0 Å². The molecular formula is C54H101NO10. The molecule has 7 unspecified atom stereocenters. The SMILES string of the molecule is CCCCCCCCCCCCC/C=C/C(O)C(COC1OC(CO)C(O)C(O)C1O)NC(=O)CCCCC/C=C\CCCCCCCCOC(=O)CCCCCCCCCCCCC. The molecule has 1 heterocycles. The average molecular weight is 924 g/mol. The molecule has 1 aliphatic rings. The van der Waals surface area contributed by atoms with Crippen molar-refractivity contribution in [3.63, 3.8) is 0 Å². The number of allylic oxidation sites excluding steroid dienone is 3. The molecule has 1 amide bonds. The van der Waals surface area contributed by atoms with Crippen LogP contribution < -0.4 is 5.32 Å². The van der Waals surface area contributed by atoms with Gasteiger partial charge in [0.25, 0.3) is 0 Å². The Kier molecular flexibility index (Phi) is 42.0. The fourth-order valence-electron chi connectivity index (χ4n) is 8.43. The molecule has 0 aromatic rings. The number of nitrogens with one attached hydrogen (secondary N) is 1. The first-order valence-corrected chi connectivity index (χ1v) is 27.1. The largest absolute Gasteiger partial charge is 0.466 e. The van der Waals surface area contributed by atoms with Crippen LogP contribution in [0.25, 0.3) is 0 Å². The third-order valence-corrected chi connectivity index (χ3v) is 12.8. The highest BCUT2D eigenvalue weighted by Crippen LogP contribution is 2.23. The van der Waals surface area contributed by atoms with Gasteiger partial charge >= 0.3 is 5.97 Å². The van der Waals surface area contributed by atoms with Crippen molar-refractivity contribution in [2.24, 2.45) is 0 Å². The van der Waals surface area contributed by atoms with Crippen LogP contribution in [0.4, 0.5) is 0 Å². The van der Waals surface area contributed by atoms with E-state index in [1.165, 1.54) is 141 Å². The lowest BCUT2D eigenvalue weighted by Crippen LogP contribution is -2.60. The van der Waals surface area contributed by atoms with Crippen molar-refractivity contribution in [2.45, 2.75) is 288 Å². The molecule has 0 aliphatic carbocycles. The summed E-state index contributed by atoms with van der Waals surface area (Å²) in [5.41, 5.74) is 0. The topological polar surface area (TPSA) is 175 Å². The summed E-state index contributed by atoms with van der Waals surface area (Å²) in [5.74, 6) is -0.247.